The Kier molecular flexibility index (Phi) is 3.33. The lowest BCUT2D eigenvalue weighted by atomic mass is 10.0. The SMILES string of the molecule is O=C1c2ccccc2CCCN1CCNC1CC1. The lowest BCUT2D eigenvalue weighted by Crippen LogP contribution is -2.37. The zero-order valence-electron chi connectivity index (χ0n) is 10.7. The molecule has 0 unspecified atom stereocenters. The summed E-state index contributed by atoms with van der Waals surface area (Å²) in [6.07, 6.45) is 4.70. The molecule has 0 bridgehead atoms. The summed E-state index contributed by atoms with van der Waals surface area (Å²) in [5.41, 5.74) is 2.11. The molecule has 1 N–H and O–H groups in total. The van der Waals surface area contributed by atoms with Crippen molar-refractivity contribution in [1.82, 2.24) is 10.2 Å². The van der Waals surface area contributed by atoms with Gasteiger partial charge in [0.1, 0.15) is 0 Å². The largest absolute Gasteiger partial charge is 0.337 e. The Labute approximate surface area is 108 Å². The van der Waals surface area contributed by atoms with Crippen LogP contribution in [0.4, 0.5) is 0 Å². The minimum absolute atomic E-state index is 0.209. The third-order valence-electron chi connectivity index (χ3n) is 3.80. The highest BCUT2D eigenvalue weighted by atomic mass is 16.2. The van der Waals surface area contributed by atoms with Gasteiger partial charge in [-0.1, -0.05) is 18.2 Å². The molecular formula is C15H20N2O. The number of carbonyl (C=O) groups excluding carboxylic acids is 1. The van der Waals surface area contributed by atoms with Gasteiger partial charge in [0.2, 0.25) is 0 Å². The van der Waals surface area contributed by atoms with E-state index < -0.39 is 0 Å². The molecule has 0 atom stereocenters. The second-order valence-electron chi connectivity index (χ2n) is 5.28. The Morgan fingerprint density at radius 1 is 1.28 bits per heavy atom. The number of rotatable bonds is 4. The average molecular weight is 244 g/mol. The molecule has 3 rings (SSSR count). The summed E-state index contributed by atoms with van der Waals surface area (Å²) in [6.45, 7) is 2.65. The van der Waals surface area contributed by atoms with Crippen molar-refractivity contribution < 1.29 is 4.79 Å². The van der Waals surface area contributed by atoms with Gasteiger partial charge in [-0.2, -0.15) is 0 Å². The van der Waals surface area contributed by atoms with E-state index in [4.69, 9.17) is 0 Å². The Hall–Kier alpha value is -1.35. The summed E-state index contributed by atoms with van der Waals surface area (Å²) in [5.74, 6) is 0.209. The number of fused-ring (bicyclic) bond motifs is 1. The van der Waals surface area contributed by atoms with Crippen LogP contribution in [0.25, 0.3) is 0 Å². The van der Waals surface area contributed by atoms with Crippen LogP contribution in [-0.2, 0) is 6.42 Å². The van der Waals surface area contributed by atoms with Crippen LogP contribution in [-0.4, -0.2) is 36.5 Å². The predicted octanol–water partition coefficient (Wildman–Crippen LogP) is 1.83. The van der Waals surface area contributed by atoms with Crippen molar-refractivity contribution in [1.29, 1.82) is 0 Å². The monoisotopic (exact) mass is 244 g/mol. The molecule has 1 saturated carbocycles. The van der Waals surface area contributed by atoms with E-state index in [2.05, 4.69) is 11.4 Å². The molecule has 1 fully saturated rings. The summed E-state index contributed by atoms with van der Waals surface area (Å²) < 4.78 is 0. The summed E-state index contributed by atoms with van der Waals surface area (Å²) in [4.78, 5) is 14.4. The van der Waals surface area contributed by atoms with Gasteiger partial charge in [-0.15, -0.1) is 0 Å². The van der Waals surface area contributed by atoms with E-state index in [0.717, 1.165) is 44.1 Å². The van der Waals surface area contributed by atoms with E-state index in [1.807, 2.05) is 23.1 Å². The smallest absolute Gasteiger partial charge is 0.254 e. The second kappa shape index (κ2) is 5.11. The quantitative estimate of drug-likeness (QED) is 0.876. The van der Waals surface area contributed by atoms with E-state index >= 15 is 0 Å². The molecule has 18 heavy (non-hydrogen) atoms. The molecule has 3 heteroatoms. The molecule has 96 valence electrons. The lowest BCUT2D eigenvalue weighted by molar-refractivity contribution is 0.0762. The van der Waals surface area contributed by atoms with E-state index in [1.165, 1.54) is 18.4 Å². The summed E-state index contributed by atoms with van der Waals surface area (Å²) >= 11 is 0. The fourth-order valence-electron chi connectivity index (χ4n) is 2.58. The van der Waals surface area contributed by atoms with Gasteiger partial charge < -0.3 is 10.2 Å². The maximum absolute atomic E-state index is 12.4. The van der Waals surface area contributed by atoms with Crippen LogP contribution >= 0.6 is 0 Å². The highest BCUT2D eigenvalue weighted by Crippen LogP contribution is 2.19. The normalized spacial score (nSPS) is 19.6. The molecule has 1 aromatic rings. The number of carbonyl (C=O) groups is 1. The zero-order chi connectivity index (χ0) is 12.4. The summed E-state index contributed by atoms with van der Waals surface area (Å²) in [7, 11) is 0. The van der Waals surface area contributed by atoms with Crippen LogP contribution in [0, 0.1) is 0 Å². The molecule has 1 aromatic carbocycles. The first-order valence-electron chi connectivity index (χ1n) is 6.95. The third-order valence-corrected chi connectivity index (χ3v) is 3.80. The van der Waals surface area contributed by atoms with E-state index in [9.17, 15) is 4.79 Å². The minimum Gasteiger partial charge on any atom is -0.337 e. The van der Waals surface area contributed by atoms with Crippen molar-refractivity contribution in [2.45, 2.75) is 31.7 Å². The molecule has 3 nitrogen and oxygen atoms in total. The molecule has 0 radical (unpaired) electrons. The predicted molar refractivity (Wildman–Crippen MR) is 71.7 cm³/mol. The molecule has 0 spiro atoms. The minimum atomic E-state index is 0.209. The highest BCUT2D eigenvalue weighted by Gasteiger charge is 2.23. The van der Waals surface area contributed by atoms with Gasteiger partial charge in [0.15, 0.2) is 0 Å². The average Bonchev–Trinajstić information content (AvgIpc) is 3.21. The van der Waals surface area contributed by atoms with Crippen LogP contribution in [0.3, 0.4) is 0 Å². The van der Waals surface area contributed by atoms with Gasteiger partial charge in [-0.3, -0.25) is 4.79 Å². The Morgan fingerprint density at radius 2 is 2.11 bits per heavy atom. The Morgan fingerprint density at radius 3 is 2.94 bits per heavy atom. The lowest BCUT2D eigenvalue weighted by Gasteiger charge is -2.21. The van der Waals surface area contributed by atoms with Crippen molar-refractivity contribution >= 4 is 5.91 Å². The van der Waals surface area contributed by atoms with E-state index in [0.29, 0.717) is 0 Å². The van der Waals surface area contributed by atoms with Crippen LogP contribution in [0.5, 0.6) is 0 Å². The standard InChI is InChI=1S/C15H20N2O/c18-15-14-6-2-1-4-12(14)5-3-10-17(15)11-9-16-13-7-8-13/h1-2,4,6,13,16H,3,5,7-11H2. The number of hydrogen-bond acceptors (Lipinski definition) is 2. The van der Waals surface area contributed by atoms with Gasteiger partial charge in [-0.05, 0) is 37.3 Å². The molecule has 0 saturated heterocycles. The van der Waals surface area contributed by atoms with Crippen molar-refractivity contribution in [3.8, 4) is 0 Å². The van der Waals surface area contributed by atoms with Crippen molar-refractivity contribution in [2.24, 2.45) is 0 Å². The molecule has 1 aliphatic carbocycles. The molecule has 1 amide bonds. The molecular weight excluding hydrogens is 224 g/mol. The van der Waals surface area contributed by atoms with E-state index in [1.54, 1.807) is 0 Å². The number of nitrogens with one attached hydrogen (secondary N) is 1. The van der Waals surface area contributed by atoms with Gasteiger partial charge in [0, 0.05) is 31.2 Å². The van der Waals surface area contributed by atoms with Crippen molar-refractivity contribution in [3.63, 3.8) is 0 Å². The molecule has 0 aromatic heterocycles. The maximum Gasteiger partial charge on any atom is 0.254 e. The maximum atomic E-state index is 12.4. The number of nitrogens with zero attached hydrogens (tertiary/aromatic N) is 1. The van der Waals surface area contributed by atoms with Gasteiger partial charge >= 0.3 is 0 Å². The number of aryl methyl sites for hydroxylation is 1. The van der Waals surface area contributed by atoms with Crippen LogP contribution in [0.2, 0.25) is 0 Å². The summed E-state index contributed by atoms with van der Waals surface area (Å²) in [6, 6.07) is 8.75. The zero-order valence-corrected chi connectivity index (χ0v) is 10.7. The number of amides is 1. The van der Waals surface area contributed by atoms with Crippen LogP contribution < -0.4 is 5.32 Å². The summed E-state index contributed by atoms with van der Waals surface area (Å²) in [5, 5.41) is 3.47. The first-order valence-corrected chi connectivity index (χ1v) is 6.95. The molecule has 2 aliphatic rings. The molecule has 1 aliphatic heterocycles. The third kappa shape index (κ3) is 2.56. The van der Waals surface area contributed by atoms with Gasteiger partial charge in [-0.25, -0.2) is 0 Å². The Balaban J connectivity index is 1.66. The van der Waals surface area contributed by atoms with Crippen molar-refractivity contribution in [3.05, 3.63) is 35.4 Å². The Bertz CT molecular complexity index is 440. The first kappa shape index (κ1) is 11.7. The highest BCUT2D eigenvalue weighted by molar-refractivity contribution is 5.96. The second-order valence-corrected chi connectivity index (χ2v) is 5.28. The van der Waals surface area contributed by atoms with Gasteiger partial charge in [0.25, 0.3) is 5.91 Å². The number of hydrogen-bond donors (Lipinski definition) is 1. The van der Waals surface area contributed by atoms with Crippen molar-refractivity contribution in [2.75, 3.05) is 19.6 Å². The first-order chi connectivity index (χ1) is 8.84. The van der Waals surface area contributed by atoms with Crippen LogP contribution in [0.15, 0.2) is 24.3 Å². The molecule has 1 heterocycles. The van der Waals surface area contributed by atoms with Gasteiger partial charge in [0.05, 0.1) is 0 Å². The fourth-order valence-corrected chi connectivity index (χ4v) is 2.58. The number of benzene rings is 1. The topological polar surface area (TPSA) is 32.3 Å². The van der Waals surface area contributed by atoms with Crippen LogP contribution in [0.1, 0.15) is 35.2 Å². The van der Waals surface area contributed by atoms with E-state index in [-0.39, 0.29) is 5.91 Å². The fraction of sp³-hybridized carbons (Fsp3) is 0.533.